The van der Waals surface area contributed by atoms with Crippen LogP contribution >= 0.6 is 0 Å². The van der Waals surface area contributed by atoms with E-state index in [1.807, 2.05) is 0 Å². The van der Waals surface area contributed by atoms with Gasteiger partial charge in [-0.2, -0.15) is 0 Å². The van der Waals surface area contributed by atoms with Crippen LogP contribution in [-0.4, -0.2) is 50.7 Å². The maximum atomic E-state index is 3.58. The average molecular weight is 247 g/mol. The highest BCUT2D eigenvalue weighted by atomic mass is 15.3. The zero-order valence-electron chi connectivity index (χ0n) is 12.0. The van der Waals surface area contributed by atoms with Crippen LogP contribution in [0.15, 0.2) is 24.3 Å². The van der Waals surface area contributed by atoms with E-state index >= 15 is 0 Å². The molecule has 2 unspecified atom stereocenters. The first-order chi connectivity index (χ1) is 8.56. The van der Waals surface area contributed by atoms with E-state index in [2.05, 4.69) is 67.3 Å². The third-order valence-corrected chi connectivity index (χ3v) is 3.52. The molecule has 1 aromatic rings. The Morgan fingerprint density at radius 1 is 1.39 bits per heavy atom. The minimum atomic E-state index is 0.554. The fraction of sp³-hybridized carbons (Fsp3) is 0.600. The van der Waals surface area contributed by atoms with E-state index < -0.39 is 0 Å². The van der Waals surface area contributed by atoms with E-state index in [0.717, 1.165) is 19.6 Å². The van der Waals surface area contributed by atoms with Crippen LogP contribution in [0, 0.1) is 6.92 Å². The van der Waals surface area contributed by atoms with Gasteiger partial charge in [0, 0.05) is 31.4 Å². The number of hydrogen-bond donors (Lipinski definition) is 1. The monoisotopic (exact) mass is 247 g/mol. The minimum Gasteiger partial charge on any atom is -0.364 e. The lowest BCUT2D eigenvalue weighted by atomic mass is 10.1. The SMILES string of the molecule is Cc1cccc(N2CC(C)NCC2CN(C)C)c1. The Kier molecular flexibility index (Phi) is 4.25. The number of anilines is 1. The average Bonchev–Trinajstić information content (AvgIpc) is 2.31. The smallest absolute Gasteiger partial charge is 0.0542 e. The van der Waals surface area contributed by atoms with Gasteiger partial charge in [0.05, 0.1) is 6.04 Å². The number of benzene rings is 1. The molecule has 0 radical (unpaired) electrons. The Hall–Kier alpha value is -1.06. The zero-order chi connectivity index (χ0) is 13.1. The second-order valence-electron chi connectivity index (χ2n) is 5.72. The van der Waals surface area contributed by atoms with Crippen LogP contribution in [0.5, 0.6) is 0 Å². The number of rotatable bonds is 3. The zero-order valence-corrected chi connectivity index (χ0v) is 12.0. The van der Waals surface area contributed by atoms with E-state index in [1.165, 1.54) is 11.3 Å². The molecule has 1 aliphatic heterocycles. The molecule has 0 saturated carbocycles. The normalized spacial score (nSPS) is 24.6. The van der Waals surface area contributed by atoms with Gasteiger partial charge in [0.1, 0.15) is 0 Å². The Labute approximate surface area is 111 Å². The van der Waals surface area contributed by atoms with Crippen LogP contribution in [0.3, 0.4) is 0 Å². The molecule has 1 aromatic carbocycles. The molecule has 100 valence electrons. The van der Waals surface area contributed by atoms with Crippen LogP contribution in [0.25, 0.3) is 0 Å². The van der Waals surface area contributed by atoms with Gasteiger partial charge in [-0.1, -0.05) is 12.1 Å². The predicted octanol–water partition coefficient (Wildman–Crippen LogP) is 1.72. The molecule has 3 heteroatoms. The van der Waals surface area contributed by atoms with Crippen molar-refractivity contribution < 1.29 is 0 Å². The van der Waals surface area contributed by atoms with Crippen LogP contribution in [0.2, 0.25) is 0 Å². The molecule has 0 spiro atoms. The van der Waals surface area contributed by atoms with Crippen LogP contribution in [-0.2, 0) is 0 Å². The molecule has 0 amide bonds. The van der Waals surface area contributed by atoms with Crippen LogP contribution in [0.4, 0.5) is 5.69 Å². The van der Waals surface area contributed by atoms with Crippen molar-refractivity contribution in [1.29, 1.82) is 0 Å². The van der Waals surface area contributed by atoms with Gasteiger partial charge in [-0.25, -0.2) is 0 Å². The van der Waals surface area contributed by atoms with Gasteiger partial charge in [-0.15, -0.1) is 0 Å². The van der Waals surface area contributed by atoms with E-state index in [1.54, 1.807) is 0 Å². The van der Waals surface area contributed by atoms with Crippen molar-refractivity contribution in [2.75, 3.05) is 38.6 Å². The first-order valence-electron chi connectivity index (χ1n) is 6.77. The largest absolute Gasteiger partial charge is 0.364 e. The lowest BCUT2D eigenvalue weighted by Gasteiger charge is -2.42. The van der Waals surface area contributed by atoms with Gasteiger partial charge < -0.3 is 15.1 Å². The number of aryl methyl sites for hydroxylation is 1. The van der Waals surface area contributed by atoms with Gasteiger partial charge in [0.2, 0.25) is 0 Å². The highest BCUT2D eigenvalue weighted by Gasteiger charge is 2.26. The topological polar surface area (TPSA) is 18.5 Å². The fourth-order valence-corrected chi connectivity index (χ4v) is 2.66. The molecule has 1 saturated heterocycles. The van der Waals surface area contributed by atoms with Gasteiger partial charge in [0.25, 0.3) is 0 Å². The molecule has 0 bridgehead atoms. The van der Waals surface area contributed by atoms with Gasteiger partial charge in [-0.05, 0) is 45.6 Å². The van der Waals surface area contributed by atoms with Crippen molar-refractivity contribution in [1.82, 2.24) is 10.2 Å². The molecule has 2 atom stereocenters. The van der Waals surface area contributed by atoms with Gasteiger partial charge in [0.15, 0.2) is 0 Å². The lowest BCUT2D eigenvalue weighted by molar-refractivity contribution is 0.317. The summed E-state index contributed by atoms with van der Waals surface area (Å²) in [6.07, 6.45) is 0. The van der Waals surface area contributed by atoms with Crippen molar-refractivity contribution in [3.8, 4) is 0 Å². The quantitative estimate of drug-likeness (QED) is 0.877. The summed E-state index contributed by atoms with van der Waals surface area (Å²) in [5, 5.41) is 3.58. The number of likely N-dealkylation sites (N-methyl/N-ethyl adjacent to an activating group) is 1. The minimum absolute atomic E-state index is 0.554. The lowest BCUT2D eigenvalue weighted by Crippen LogP contribution is -2.58. The highest BCUT2D eigenvalue weighted by molar-refractivity contribution is 5.50. The fourth-order valence-electron chi connectivity index (χ4n) is 2.66. The first-order valence-corrected chi connectivity index (χ1v) is 6.77. The molecule has 2 rings (SSSR count). The van der Waals surface area contributed by atoms with Crippen molar-refractivity contribution in [2.45, 2.75) is 25.9 Å². The predicted molar refractivity (Wildman–Crippen MR) is 78.3 cm³/mol. The maximum absolute atomic E-state index is 3.58. The molecule has 1 N–H and O–H groups in total. The molecular weight excluding hydrogens is 222 g/mol. The second kappa shape index (κ2) is 5.72. The van der Waals surface area contributed by atoms with Crippen molar-refractivity contribution in [3.63, 3.8) is 0 Å². The molecule has 18 heavy (non-hydrogen) atoms. The highest BCUT2D eigenvalue weighted by Crippen LogP contribution is 2.21. The van der Waals surface area contributed by atoms with Crippen molar-refractivity contribution >= 4 is 5.69 Å². The Morgan fingerprint density at radius 3 is 2.83 bits per heavy atom. The molecule has 0 aromatic heterocycles. The molecule has 1 heterocycles. The Balaban J connectivity index is 2.19. The first kappa shape index (κ1) is 13.4. The third-order valence-electron chi connectivity index (χ3n) is 3.52. The van der Waals surface area contributed by atoms with Crippen LogP contribution in [0.1, 0.15) is 12.5 Å². The van der Waals surface area contributed by atoms with Gasteiger partial charge in [-0.3, -0.25) is 0 Å². The molecule has 1 fully saturated rings. The third kappa shape index (κ3) is 3.24. The van der Waals surface area contributed by atoms with E-state index in [4.69, 9.17) is 0 Å². The molecular formula is C15H25N3. The van der Waals surface area contributed by atoms with Crippen molar-refractivity contribution in [2.24, 2.45) is 0 Å². The Bertz CT molecular complexity index is 389. The molecule has 1 aliphatic rings. The second-order valence-corrected chi connectivity index (χ2v) is 5.72. The summed E-state index contributed by atoms with van der Waals surface area (Å²) in [6.45, 7) is 7.66. The van der Waals surface area contributed by atoms with Crippen LogP contribution < -0.4 is 10.2 Å². The summed E-state index contributed by atoms with van der Waals surface area (Å²) in [5.41, 5.74) is 2.69. The number of nitrogens with zero attached hydrogens (tertiary/aromatic N) is 2. The van der Waals surface area contributed by atoms with Crippen molar-refractivity contribution in [3.05, 3.63) is 29.8 Å². The summed E-state index contributed by atoms with van der Waals surface area (Å²) in [7, 11) is 4.29. The molecule has 3 nitrogen and oxygen atoms in total. The number of nitrogens with one attached hydrogen (secondary N) is 1. The summed E-state index contributed by atoms with van der Waals surface area (Å²) in [6, 6.07) is 9.95. The van der Waals surface area contributed by atoms with E-state index in [-0.39, 0.29) is 0 Å². The van der Waals surface area contributed by atoms with Gasteiger partial charge >= 0.3 is 0 Å². The standard InChI is InChI=1S/C15H25N3/c1-12-6-5-7-14(8-12)18-10-13(2)16-9-15(18)11-17(3)4/h5-8,13,15-16H,9-11H2,1-4H3. The molecule has 0 aliphatic carbocycles. The Morgan fingerprint density at radius 2 is 2.17 bits per heavy atom. The summed E-state index contributed by atoms with van der Waals surface area (Å²) < 4.78 is 0. The van der Waals surface area contributed by atoms with E-state index in [0.29, 0.717) is 12.1 Å². The number of piperazine rings is 1. The van der Waals surface area contributed by atoms with E-state index in [9.17, 15) is 0 Å². The summed E-state index contributed by atoms with van der Waals surface area (Å²) in [4.78, 5) is 4.82. The number of hydrogen-bond acceptors (Lipinski definition) is 3. The summed E-state index contributed by atoms with van der Waals surface area (Å²) in [5.74, 6) is 0. The summed E-state index contributed by atoms with van der Waals surface area (Å²) >= 11 is 0. The maximum Gasteiger partial charge on any atom is 0.0542 e.